The molecule has 1 unspecified atom stereocenters. The lowest BCUT2D eigenvalue weighted by molar-refractivity contribution is 0.171. The zero-order valence-corrected chi connectivity index (χ0v) is 18.2. The van der Waals surface area contributed by atoms with Crippen molar-refractivity contribution in [2.24, 2.45) is 0 Å². The molecule has 0 amide bonds. The maximum absolute atomic E-state index is 5.73. The van der Waals surface area contributed by atoms with Crippen molar-refractivity contribution < 1.29 is 14.0 Å². The van der Waals surface area contributed by atoms with Gasteiger partial charge < -0.3 is 18.6 Å². The van der Waals surface area contributed by atoms with Gasteiger partial charge in [0.2, 0.25) is 5.89 Å². The average Bonchev–Trinajstić information content (AvgIpc) is 3.34. The van der Waals surface area contributed by atoms with Crippen LogP contribution in [0.4, 0.5) is 0 Å². The third-order valence-corrected chi connectivity index (χ3v) is 5.81. The van der Waals surface area contributed by atoms with Crippen LogP contribution in [0, 0.1) is 0 Å². The minimum Gasteiger partial charge on any atom is -0.486 e. The maximum Gasteiger partial charge on any atom is 0.239 e. The molecule has 4 rings (SSSR count). The van der Waals surface area contributed by atoms with E-state index in [1.165, 1.54) is 0 Å². The Morgan fingerprint density at radius 2 is 1.93 bits per heavy atom. The summed E-state index contributed by atoms with van der Waals surface area (Å²) in [4.78, 5) is 9.24. The fourth-order valence-corrected chi connectivity index (χ4v) is 4.09. The van der Waals surface area contributed by atoms with E-state index in [0.717, 1.165) is 40.3 Å². The van der Waals surface area contributed by atoms with Crippen molar-refractivity contribution in [1.29, 1.82) is 0 Å². The third-order valence-electron chi connectivity index (χ3n) is 4.72. The Morgan fingerprint density at radius 1 is 1.17 bits per heavy atom. The first kappa shape index (κ1) is 19.8. The van der Waals surface area contributed by atoms with Crippen molar-refractivity contribution in [3.8, 4) is 22.8 Å². The van der Waals surface area contributed by atoms with E-state index in [1.54, 1.807) is 11.8 Å². The number of hydrogen-bond donors (Lipinski definition) is 0. The number of thioether (sulfide) groups is 1. The van der Waals surface area contributed by atoms with E-state index in [1.807, 2.05) is 24.4 Å². The highest BCUT2D eigenvalue weighted by Gasteiger charge is 2.25. The molecule has 0 aliphatic carbocycles. The van der Waals surface area contributed by atoms with Crippen LogP contribution in [-0.4, -0.2) is 32.9 Å². The van der Waals surface area contributed by atoms with Gasteiger partial charge in [-0.25, -0.2) is 4.98 Å². The van der Waals surface area contributed by atoms with Crippen LogP contribution in [0.2, 0.25) is 0 Å². The quantitative estimate of drug-likeness (QED) is 0.551. The number of aromatic nitrogens is 4. The van der Waals surface area contributed by atoms with Gasteiger partial charge in [-0.15, -0.1) is 0 Å². The molecule has 7 nitrogen and oxygen atoms in total. The molecule has 0 fully saturated rings. The second-order valence-electron chi connectivity index (χ2n) is 8.00. The number of rotatable bonds is 5. The van der Waals surface area contributed by atoms with Crippen molar-refractivity contribution in [2.45, 2.75) is 57.0 Å². The molecule has 1 atom stereocenters. The predicted molar refractivity (Wildman–Crippen MR) is 112 cm³/mol. The molecule has 1 aromatic carbocycles. The molecule has 0 spiro atoms. The number of benzene rings is 1. The Kier molecular flexibility index (Phi) is 5.29. The Morgan fingerprint density at radius 3 is 2.62 bits per heavy atom. The lowest BCUT2D eigenvalue weighted by Crippen LogP contribution is -2.15. The van der Waals surface area contributed by atoms with E-state index in [0.29, 0.717) is 19.1 Å². The summed E-state index contributed by atoms with van der Waals surface area (Å²) in [5, 5.41) is 5.05. The summed E-state index contributed by atoms with van der Waals surface area (Å²) in [6, 6.07) is 6.02. The van der Waals surface area contributed by atoms with Gasteiger partial charge in [-0.3, -0.25) is 0 Å². The zero-order chi connectivity index (χ0) is 20.6. The van der Waals surface area contributed by atoms with Crippen LogP contribution >= 0.6 is 11.8 Å². The van der Waals surface area contributed by atoms with Gasteiger partial charge in [-0.2, -0.15) is 4.98 Å². The number of hydrogen-bond acceptors (Lipinski definition) is 7. The highest BCUT2D eigenvalue weighted by atomic mass is 32.2. The van der Waals surface area contributed by atoms with E-state index >= 15 is 0 Å². The summed E-state index contributed by atoms with van der Waals surface area (Å²) < 4.78 is 19.1. The minimum absolute atomic E-state index is 0.000540. The summed E-state index contributed by atoms with van der Waals surface area (Å²) in [6.45, 7) is 12.4. The van der Waals surface area contributed by atoms with Crippen LogP contribution in [0.3, 0.4) is 0 Å². The van der Waals surface area contributed by atoms with E-state index in [9.17, 15) is 0 Å². The maximum atomic E-state index is 5.73. The lowest BCUT2D eigenvalue weighted by atomic mass is 9.96. The zero-order valence-electron chi connectivity index (χ0n) is 17.4. The first-order valence-corrected chi connectivity index (χ1v) is 10.7. The second kappa shape index (κ2) is 7.74. The van der Waals surface area contributed by atoms with Gasteiger partial charge >= 0.3 is 0 Å². The van der Waals surface area contributed by atoms with Gasteiger partial charge in [-0.05, 0) is 32.0 Å². The van der Waals surface area contributed by atoms with Crippen LogP contribution < -0.4 is 9.47 Å². The summed E-state index contributed by atoms with van der Waals surface area (Å²) in [6.07, 6.45) is 1.90. The number of ether oxygens (including phenoxy) is 2. The molecule has 0 saturated carbocycles. The predicted octanol–water partition coefficient (Wildman–Crippen LogP) is 4.88. The molecule has 2 aromatic heterocycles. The molecule has 1 aliphatic rings. The molecule has 0 saturated heterocycles. The van der Waals surface area contributed by atoms with Crippen LogP contribution in [-0.2, 0) is 12.0 Å². The summed E-state index contributed by atoms with van der Waals surface area (Å²) in [5.41, 5.74) is 1.95. The normalized spacial score (nSPS) is 14.8. The first-order chi connectivity index (χ1) is 13.9. The van der Waals surface area contributed by atoms with Crippen molar-refractivity contribution in [2.75, 3.05) is 13.2 Å². The average molecular weight is 415 g/mol. The van der Waals surface area contributed by atoms with Gasteiger partial charge in [-0.1, -0.05) is 37.7 Å². The fourth-order valence-electron chi connectivity index (χ4n) is 3.10. The molecular weight excluding hydrogens is 388 g/mol. The Bertz CT molecular complexity index is 1010. The van der Waals surface area contributed by atoms with Crippen molar-refractivity contribution in [3.05, 3.63) is 36.1 Å². The van der Waals surface area contributed by atoms with Crippen molar-refractivity contribution in [1.82, 2.24) is 19.7 Å². The van der Waals surface area contributed by atoms with Gasteiger partial charge in [0.15, 0.2) is 22.5 Å². The van der Waals surface area contributed by atoms with Gasteiger partial charge in [0.05, 0.1) is 17.1 Å². The van der Waals surface area contributed by atoms with Gasteiger partial charge in [0, 0.05) is 17.5 Å². The van der Waals surface area contributed by atoms with Crippen molar-refractivity contribution >= 4 is 11.8 Å². The van der Waals surface area contributed by atoms with E-state index in [-0.39, 0.29) is 10.7 Å². The van der Waals surface area contributed by atoms with Gasteiger partial charge in [0.1, 0.15) is 13.2 Å². The third kappa shape index (κ3) is 3.99. The molecule has 29 heavy (non-hydrogen) atoms. The Labute approximate surface area is 174 Å². The summed E-state index contributed by atoms with van der Waals surface area (Å²) in [7, 11) is 0. The van der Waals surface area contributed by atoms with Crippen LogP contribution in [0.15, 0.2) is 34.1 Å². The lowest BCUT2D eigenvalue weighted by Gasteiger charge is -2.19. The number of nitrogens with zero attached hydrogens (tertiary/aromatic N) is 4. The summed E-state index contributed by atoms with van der Waals surface area (Å²) >= 11 is 1.62. The number of imidazole rings is 1. The number of fused-ring (bicyclic) bond motifs is 1. The van der Waals surface area contributed by atoms with E-state index in [2.05, 4.69) is 54.3 Å². The monoisotopic (exact) mass is 414 g/mol. The topological polar surface area (TPSA) is 75.2 Å². The van der Waals surface area contributed by atoms with Crippen LogP contribution in [0.25, 0.3) is 11.3 Å². The Balaban J connectivity index is 1.58. The smallest absolute Gasteiger partial charge is 0.239 e. The SMILES string of the molecule is CCn1c(-c2ccc3c(c2)OCCO3)cnc1SC(C)c1nc(C(C)(C)C)no1. The molecule has 0 radical (unpaired) electrons. The highest BCUT2D eigenvalue weighted by Crippen LogP contribution is 2.38. The second-order valence-corrected chi connectivity index (χ2v) is 9.30. The molecule has 3 aromatic rings. The highest BCUT2D eigenvalue weighted by molar-refractivity contribution is 7.99. The molecule has 8 heteroatoms. The Hall–Kier alpha value is -2.48. The summed E-state index contributed by atoms with van der Waals surface area (Å²) in [5.74, 6) is 2.90. The van der Waals surface area contributed by atoms with E-state index < -0.39 is 0 Å². The minimum atomic E-state index is -0.139. The fraction of sp³-hybridized carbons (Fsp3) is 0.476. The molecule has 0 bridgehead atoms. The molecule has 3 heterocycles. The molecular formula is C21H26N4O3S. The van der Waals surface area contributed by atoms with E-state index in [4.69, 9.17) is 14.0 Å². The van der Waals surface area contributed by atoms with Crippen LogP contribution in [0.1, 0.15) is 51.6 Å². The van der Waals surface area contributed by atoms with Crippen LogP contribution in [0.5, 0.6) is 11.5 Å². The van der Waals surface area contributed by atoms with Gasteiger partial charge in [0.25, 0.3) is 0 Å². The van der Waals surface area contributed by atoms with Crippen molar-refractivity contribution in [3.63, 3.8) is 0 Å². The first-order valence-electron chi connectivity index (χ1n) is 9.83. The standard InChI is InChI=1S/C21H26N4O3S/c1-6-25-15(14-7-8-16-17(11-14)27-10-9-26-16)12-22-20(25)29-13(2)18-23-19(24-28-18)21(3,4)5/h7-8,11-13H,6,9-10H2,1-5H3. The molecule has 1 aliphatic heterocycles. The molecule has 0 N–H and O–H groups in total. The molecule has 154 valence electrons. The largest absolute Gasteiger partial charge is 0.486 e.